The molecule has 92 valence electrons. The van der Waals surface area contributed by atoms with Crippen LogP contribution in [-0.4, -0.2) is 5.91 Å². The lowest BCUT2D eigenvalue weighted by atomic mass is 10.1. The van der Waals surface area contributed by atoms with Gasteiger partial charge in [-0.2, -0.15) is 0 Å². The van der Waals surface area contributed by atoms with Crippen LogP contribution in [0.15, 0.2) is 48.5 Å². The van der Waals surface area contributed by atoms with Crippen molar-refractivity contribution in [2.24, 2.45) is 0 Å². The molecule has 2 rings (SSSR count). The summed E-state index contributed by atoms with van der Waals surface area (Å²) in [6.07, 6.45) is 0. The molecule has 0 heterocycles. The van der Waals surface area contributed by atoms with E-state index in [9.17, 15) is 4.79 Å². The van der Waals surface area contributed by atoms with Crippen molar-refractivity contribution < 1.29 is 4.79 Å². The smallest absolute Gasteiger partial charge is 0.251 e. The second-order valence-electron chi connectivity index (χ2n) is 4.47. The molecule has 0 aliphatic carbocycles. The molecule has 0 radical (unpaired) electrons. The fourth-order valence-corrected chi connectivity index (χ4v) is 1.79. The molecular formula is C16H17NO. The van der Waals surface area contributed by atoms with E-state index in [-0.39, 0.29) is 5.91 Å². The van der Waals surface area contributed by atoms with Crippen molar-refractivity contribution in [1.29, 1.82) is 0 Å². The predicted octanol–water partition coefficient (Wildman–Crippen LogP) is 3.23. The minimum absolute atomic E-state index is 0.0335. The van der Waals surface area contributed by atoms with Gasteiger partial charge in [0.15, 0.2) is 0 Å². The van der Waals surface area contributed by atoms with Gasteiger partial charge in [0.25, 0.3) is 5.91 Å². The van der Waals surface area contributed by atoms with E-state index in [0.29, 0.717) is 12.1 Å². The first-order chi connectivity index (χ1) is 8.66. The largest absolute Gasteiger partial charge is 0.348 e. The van der Waals surface area contributed by atoms with Crippen LogP contribution in [0.3, 0.4) is 0 Å². The first-order valence-corrected chi connectivity index (χ1v) is 6.06. The van der Waals surface area contributed by atoms with Gasteiger partial charge >= 0.3 is 0 Å². The van der Waals surface area contributed by atoms with E-state index >= 15 is 0 Å². The summed E-state index contributed by atoms with van der Waals surface area (Å²) in [7, 11) is 0. The number of hydrogen-bond donors (Lipinski definition) is 1. The molecule has 0 aliphatic heterocycles. The maximum absolute atomic E-state index is 11.9. The number of amides is 1. The van der Waals surface area contributed by atoms with Crippen molar-refractivity contribution in [3.63, 3.8) is 0 Å². The van der Waals surface area contributed by atoms with Crippen molar-refractivity contribution in [1.82, 2.24) is 5.32 Å². The van der Waals surface area contributed by atoms with Crippen LogP contribution in [-0.2, 0) is 6.54 Å². The van der Waals surface area contributed by atoms with Gasteiger partial charge in [-0.15, -0.1) is 0 Å². The Bertz CT molecular complexity index is 546. The normalized spacial score (nSPS) is 10.1. The Morgan fingerprint density at radius 2 is 1.72 bits per heavy atom. The molecule has 2 aromatic carbocycles. The van der Waals surface area contributed by atoms with Crippen molar-refractivity contribution in [2.45, 2.75) is 20.4 Å². The fraction of sp³-hybridized carbons (Fsp3) is 0.188. The van der Waals surface area contributed by atoms with Gasteiger partial charge < -0.3 is 5.32 Å². The molecule has 0 atom stereocenters. The summed E-state index contributed by atoms with van der Waals surface area (Å²) in [6.45, 7) is 4.73. The Hall–Kier alpha value is -2.09. The molecule has 0 unspecified atom stereocenters. The summed E-state index contributed by atoms with van der Waals surface area (Å²) in [5.41, 5.74) is 4.35. The number of carbonyl (C=O) groups excluding carboxylic acids is 1. The average molecular weight is 239 g/mol. The molecule has 0 saturated carbocycles. The van der Waals surface area contributed by atoms with Gasteiger partial charge in [0.2, 0.25) is 0 Å². The van der Waals surface area contributed by atoms with Gasteiger partial charge in [0, 0.05) is 12.1 Å². The Balaban J connectivity index is 1.99. The third-order valence-corrected chi connectivity index (χ3v) is 3.06. The highest BCUT2D eigenvalue weighted by atomic mass is 16.1. The number of carbonyl (C=O) groups is 1. The lowest BCUT2D eigenvalue weighted by Crippen LogP contribution is -2.22. The van der Waals surface area contributed by atoms with Crippen LogP contribution in [0.1, 0.15) is 27.0 Å². The molecule has 1 N–H and O–H groups in total. The fourth-order valence-electron chi connectivity index (χ4n) is 1.79. The third kappa shape index (κ3) is 2.98. The van der Waals surface area contributed by atoms with E-state index in [0.717, 1.165) is 5.56 Å². The number of aryl methyl sites for hydroxylation is 2. The van der Waals surface area contributed by atoms with E-state index in [1.807, 2.05) is 36.4 Å². The zero-order valence-electron chi connectivity index (χ0n) is 10.7. The molecule has 0 spiro atoms. The lowest BCUT2D eigenvalue weighted by molar-refractivity contribution is 0.0951. The van der Waals surface area contributed by atoms with Gasteiger partial charge in [-0.3, -0.25) is 4.79 Å². The topological polar surface area (TPSA) is 29.1 Å². The molecule has 18 heavy (non-hydrogen) atoms. The zero-order valence-corrected chi connectivity index (χ0v) is 10.7. The van der Waals surface area contributed by atoms with E-state index in [2.05, 4.69) is 31.3 Å². The summed E-state index contributed by atoms with van der Waals surface area (Å²) in [5, 5.41) is 2.92. The van der Waals surface area contributed by atoms with Crippen LogP contribution < -0.4 is 5.32 Å². The zero-order chi connectivity index (χ0) is 13.0. The van der Waals surface area contributed by atoms with Crippen molar-refractivity contribution in [2.75, 3.05) is 0 Å². The minimum atomic E-state index is -0.0335. The SMILES string of the molecule is Cc1ccc(CNC(=O)c2ccccc2)cc1C. The van der Waals surface area contributed by atoms with Crippen molar-refractivity contribution in [3.8, 4) is 0 Å². The maximum atomic E-state index is 11.9. The Labute approximate surface area is 108 Å². The second-order valence-corrected chi connectivity index (χ2v) is 4.47. The quantitative estimate of drug-likeness (QED) is 0.875. The predicted molar refractivity (Wildman–Crippen MR) is 73.5 cm³/mol. The molecule has 0 fully saturated rings. The molecule has 0 aromatic heterocycles. The highest BCUT2D eigenvalue weighted by Crippen LogP contribution is 2.09. The maximum Gasteiger partial charge on any atom is 0.251 e. The monoisotopic (exact) mass is 239 g/mol. The summed E-state index contributed by atoms with van der Waals surface area (Å²) in [6, 6.07) is 15.5. The minimum Gasteiger partial charge on any atom is -0.348 e. The van der Waals surface area contributed by atoms with Crippen LogP contribution in [0.2, 0.25) is 0 Å². The Morgan fingerprint density at radius 1 is 1.00 bits per heavy atom. The number of rotatable bonds is 3. The molecular weight excluding hydrogens is 222 g/mol. The van der Waals surface area contributed by atoms with Crippen molar-refractivity contribution in [3.05, 3.63) is 70.8 Å². The summed E-state index contributed by atoms with van der Waals surface area (Å²) in [5.74, 6) is -0.0335. The standard InChI is InChI=1S/C16H17NO/c1-12-8-9-14(10-13(12)2)11-17-16(18)15-6-4-3-5-7-15/h3-10H,11H2,1-2H3,(H,17,18). The van der Waals surface area contributed by atoms with Gasteiger partial charge in [-0.05, 0) is 42.7 Å². The first-order valence-electron chi connectivity index (χ1n) is 6.06. The van der Waals surface area contributed by atoms with E-state index in [4.69, 9.17) is 0 Å². The second kappa shape index (κ2) is 5.50. The van der Waals surface area contributed by atoms with Crippen LogP contribution in [0.25, 0.3) is 0 Å². The van der Waals surface area contributed by atoms with Crippen LogP contribution in [0.5, 0.6) is 0 Å². The van der Waals surface area contributed by atoms with Crippen LogP contribution >= 0.6 is 0 Å². The van der Waals surface area contributed by atoms with Gasteiger partial charge in [-0.25, -0.2) is 0 Å². The van der Waals surface area contributed by atoms with E-state index in [1.165, 1.54) is 11.1 Å². The highest BCUT2D eigenvalue weighted by Gasteiger charge is 2.04. The van der Waals surface area contributed by atoms with Crippen LogP contribution in [0, 0.1) is 13.8 Å². The first kappa shape index (κ1) is 12.4. The lowest BCUT2D eigenvalue weighted by Gasteiger charge is -2.07. The Morgan fingerprint density at radius 3 is 2.39 bits per heavy atom. The molecule has 0 aliphatic rings. The number of hydrogen-bond acceptors (Lipinski definition) is 1. The van der Waals surface area contributed by atoms with E-state index in [1.54, 1.807) is 0 Å². The van der Waals surface area contributed by atoms with Crippen LogP contribution in [0.4, 0.5) is 0 Å². The summed E-state index contributed by atoms with van der Waals surface area (Å²) >= 11 is 0. The summed E-state index contributed by atoms with van der Waals surface area (Å²) in [4.78, 5) is 11.9. The average Bonchev–Trinajstić information content (AvgIpc) is 2.41. The van der Waals surface area contributed by atoms with E-state index < -0.39 is 0 Å². The number of benzene rings is 2. The van der Waals surface area contributed by atoms with Crippen molar-refractivity contribution >= 4 is 5.91 Å². The molecule has 0 saturated heterocycles. The molecule has 2 aromatic rings. The van der Waals surface area contributed by atoms with Gasteiger partial charge in [-0.1, -0.05) is 36.4 Å². The molecule has 2 nitrogen and oxygen atoms in total. The van der Waals surface area contributed by atoms with Gasteiger partial charge in [0.05, 0.1) is 0 Å². The molecule has 1 amide bonds. The summed E-state index contributed by atoms with van der Waals surface area (Å²) < 4.78 is 0. The third-order valence-electron chi connectivity index (χ3n) is 3.06. The molecule has 2 heteroatoms. The van der Waals surface area contributed by atoms with Gasteiger partial charge in [0.1, 0.15) is 0 Å². The highest BCUT2D eigenvalue weighted by molar-refractivity contribution is 5.94. The molecule has 0 bridgehead atoms. The Kier molecular flexibility index (Phi) is 3.78. The number of nitrogens with one attached hydrogen (secondary N) is 1.